The first kappa shape index (κ1) is 13.1. The Bertz CT molecular complexity index is 756. The first-order valence-electron chi connectivity index (χ1n) is 6.15. The zero-order chi connectivity index (χ0) is 14.1. The van der Waals surface area contributed by atoms with Gasteiger partial charge in [-0.2, -0.15) is 0 Å². The molecule has 0 bridgehead atoms. The van der Waals surface area contributed by atoms with Gasteiger partial charge in [0.2, 0.25) is 0 Å². The number of benzene rings is 1. The molecule has 0 aliphatic carbocycles. The van der Waals surface area contributed by atoms with Crippen molar-refractivity contribution in [3.05, 3.63) is 58.8 Å². The second kappa shape index (κ2) is 5.20. The van der Waals surface area contributed by atoms with E-state index in [1.165, 1.54) is 6.07 Å². The number of nitrogens with zero attached hydrogens (tertiary/aromatic N) is 3. The molecular formula is C14H12BrFN4. The molecule has 1 unspecified atom stereocenters. The molecule has 2 heterocycles. The molecule has 1 atom stereocenters. The van der Waals surface area contributed by atoms with Crippen LogP contribution < -0.4 is 5.32 Å². The Kier molecular flexibility index (Phi) is 3.40. The molecule has 3 aromatic rings. The molecular weight excluding hydrogens is 323 g/mol. The van der Waals surface area contributed by atoms with E-state index < -0.39 is 0 Å². The summed E-state index contributed by atoms with van der Waals surface area (Å²) in [6, 6.07) is 6.49. The summed E-state index contributed by atoms with van der Waals surface area (Å²) in [6.07, 6.45) is 5.35. The third-order valence-corrected chi connectivity index (χ3v) is 3.45. The van der Waals surface area contributed by atoms with Crippen LogP contribution in [0.25, 0.3) is 5.65 Å². The number of imidazole rings is 1. The van der Waals surface area contributed by atoms with Crippen molar-refractivity contribution in [1.29, 1.82) is 0 Å². The lowest BCUT2D eigenvalue weighted by atomic mass is 10.1. The van der Waals surface area contributed by atoms with Gasteiger partial charge in [0, 0.05) is 24.2 Å². The van der Waals surface area contributed by atoms with Gasteiger partial charge in [-0.1, -0.05) is 18.2 Å². The smallest absolute Gasteiger partial charge is 0.180 e. The molecule has 0 radical (unpaired) electrons. The van der Waals surface area contributed by atoms with Crippen LogP contribution in [-0.2, 0) is 0 Å². The summed E-state index contributed by atoms with van der Waals surface area (Å²) in [5.74, 6) is 0.377. The van der Waals surface area contributed by atoms with E-state index in [1.54, 1.807) is 18.3 Å². The van der Waals surface area contributed by atoms with Crippen LogP contribution >= 0.6 is 15.9 Å². The molecule has 4 nitrogen and oxygen atoms in total. The van der Waals surface area contributed by atoms with Gasteiger partial charge in [-0.3, -0.25) is 0 Å². The summed E-state index contributed by atoms with van der Waals surface area (Å²) in [5, 5.41) is 3.20. The number of hydrogen-bond acceptors (Lipinski definition) is 3. The second-order valence-corrected chi connectivity index (χ2v) is 5.27. The first-order chi connectivity index (χ1) is 9.65. The van der Waals surface area contributed by atoms with E-state index in [0.29, 0.717) is 21.6 Å². The number of halogens is 2. The molecule has 102 valence electrons. The highest BCUT2D eigenvalue weighted by Gasteiger charge is 2.13. The summed E-state index contributed by atoms with van der Waals surface area (Å²) in [7, 11) is 0. The third kappa shape index (κ3) is 2.38. The monoisotopic (exact) mass is 334 g/mol. The van der Waals surface area contributed by atoms with E-state index in [2.05, 4.69) is 31.2 Å². The Morgan fingerprint density at radius 1 is 1.35 bits per heavy atom. The molecule has 3 rings (SSSR count). The van der Waals surface area contributed by atoms with Gasteiger partial charge in [0.15, 0.2) is 11.5 Å². The van der Waals surface area contributed by atoms with Gasteiger partial charge in [-0.25, -0.2) is 14.4 Å². The normalized spacial score (nSPS) is 12.6. The lowest BCUT2D eigenvalue weighted by Crippen LogP contribution is -2.11. The molecule has 0 aliphatic rings. The van der Waals surface area contributed by atoms with Crippen LogP contribution in [0.2, 0.25) is 0 Å². The Balaban J connectivity index is 1.97. The average Bonchev–Trinajstić information content (AvgIpc) is 2.87. The number of rotatable bonds is 3. The number of anilines is 1. The van der Waals surface area contributed by atoms with Crippen molar-refractivity contribution < 1.29 is 4.39 Å². The molecule has 0 aliphatic heterocycles. The van der Waals surface area contributed by atoms with Crippen LogP contribution in [0.4, 0.5) is 10.2 Å². The summed E-state index contributed by atoms with van der Waals surface area (Å²) in [6.45, 7) is 1.89. The fourth-order valence-corrected chi connectivity index (χ4v) is 2.50. The summed E-state index contributed by atoms with van der Waals surface area (Å²) < 4.78 is 16.3. The zero-order valence-corrected chi connectivity index (χ0v) is 12.3. The van der Waals surface area contributed by atoms with Gasteiger partial charge in [0.05, 0.1) is 6.04 Å². The lowest BCUT2D eigenvalue weighted by molar-refractivity contribution is 0.600. The molecule has 0 saturated carbocycles. The van der Waals surface area contributed by atoms with Crippen molar-refractivity contribution in [1.82, 2.24) is 14.4 Å². The maximum absolute atomic E-state index is 13.8. The van der Waals surface area contributed by atoms with Crippen LogP contribution in [0, 0.1) is 5.82 Å². The van der Waals surface area contributed by atoms with Crippen molar-refractivity contribution in [2.75, 3.05) is 5.32 Å². The highest BCUT2D eigenvalue weighted by Crippen LogP contribution is 2.24. The molecule has 2 aromatic heterocycles. The highest BCUT2D eigenvalue weighted by molar-refractivity contribution is 9.10. The minimum atomic E-state index is -0.234. The standard InChI is InChI=1S/C14H12BrFN4/c1-9(10-4-2-3-5-11(10)16)18-13-14-17-6-7-20(14)8-12(15)19-13/h2-9H,1H3,(H,18,19). The third-order valence-electron chi connectivity index (χ3n) is 3.07. The van der Waals surface area contributed by atoms with E-state index in [-0.39, 0.29) is 11.9 Å². The molecule has 0 saturated heterocycles. The number of fused-ring (bicyclic) bond motifs is 1. The van der Waals surface area contributed by atoms with Crippen molar-refractivity contribution >= 4 is 27.4 Å². The van der Waals surface area contributed by atoms with Crippen molar-refractivity contribution in [2.45, 2.75) is 13.0 Å². The Hall–Kier alpha value is -1.95. The van der Waals surface area contributed by atoms with Gasteiger partial charge in [-0.15, -0.1) is 0 Å². The predicted octanol–water partition coefficient (Wildman–Crippen LogP) is 3.80. The molecule has 1 N–H and O–H groups in total. The molecule has 0 fully saturated rings. The van der Waals surface area contributed by atoms with Crippen LogP contribution in [-0.4, -0.2) is 14.4 Å². The van der Waals surface area contributed by atoms with E-state index in [0.717, 1.165) is 0 Å². The number of hydrogen-bond donors (Lipinski definition) is 1. The summed E-state index contributed by atoms with van der Waals surface area (Å²) in [4.78, 5) is 8.62. The fourth-order valence-electron chi connectivity index (χ4n) is 2.11. The van der Waals surface area contributed by atoms with Crippen LogP contribution in [0.1, 0.15) is 18.5 Å². The van der Waals surface area contributed by atoms with Crippen LogP contribution in [0.3, 0.4) is 0 Å². The molecule has 0 spiro atoms. The topological polar surface area (TPSA) is 42.2 Å². The van der Waals surface area contributed by atoms with Gasteiger partial charge >= 0.3 is 0 Å². The molecule has 20 heavy (non-hydrogen) atoms. The van der Waals surface area contributed by atoms with Crippen molar-refractivity contribution in [3.8, 4) is 0 Å². The number of aromatic nitrogens is 3. The Labute approximate surface area is 123 Å². The summed E-state index contributed by atoms with van der Waals surface area (Å²) in [5.41, 5.74) is 1.30. The minimum Gasteiger partial charge on any atom is -0.360 e. The largest absolute Gasteiger partial charge is 0.360 e. The van der Waals surface area contributed by atoms with Crippen molar-refractivity contribution in [3.63, 3.8) is 0 Å². The Morgan fingerprint density at radius 2 is 2.15 bits per heavy atom. The van der Waals surface area contributed by atoms with Crippen LogP contribution in [0.15, 0.2) is 47.5 Å². The van der Waals surface area contributed by atoms with E-state index in [9.17, 15) is 4.39 Å². The van der Waals surface area contributed by atoms with Crippen molar-refractivity contribution in [2.24, 2.45) is 0 Å². The molecule has 1 aromatic carbocycles. The van der Waals surface area contributed by atoms with E-state index in [4.69, 9.17) is 0 Å². The second-order valence-electron chi connectivity index (χ2n) is 4.46. The fraction of sp³-hybridized carbons (Fsp3) is 0.143. The SMILES string of the molecule is CC(Nc1nc(Br)cn2ccnc12)c1ccccc1F. The average molecular weight is 335 g/mol. The number of nitrogens with one attached hydrogen (secondary N) is 1. The molecule has 6 heteroatoms. The van der Waals surface area contributed by atoms with Gasteiger partial charge in [-0.05, 0) is 28.9 Å². The quantitative estimate of drug-likeness (QED) is 0.792. The van der Waals surface area contributed by atoms with Crippen LogP contribution in [0.5, 0.6) is 0 Å². The highest BCUT2D eigenvalue weighted by atomic mass is 79.9. The van der Waals surface area contributed by atoms with E-state index in [1.807, 2.05) is 29.8 Å². The predicted molar refractivity (Wildman–Crippen MR) is 79.1 cm³/mol. The maximum atomic E-state index is 13.8. The van der Waals surface area contributed by atoms with Gasteiger partial charge < -0.3 is 9.72 Å². The van der Waals surface area contributed by atoms with Gasteiger partial charge in [0.25, 0.3) is 0 Å². The minimum absolute atomic E-state index is 0.210. The summed E-state index contributed by atoms with van der Waals surface area (Å²) >= 11 is 3.35. The Morgan fingerprint density at radius 3 is 2.95 bits per heavy atom. The molecule has 0 amide bonds. The van der Waals surface area contributed by atoms with E-state index >= 15 is 0 Å². The van der Waals surface area contributed by atoms with Gasteiger partial charge in [0.1, 0.15) is 10.4 Å². The maximum Gasteiger partial charge on any atom is 0.180 e. The first-order valence-corrected chi connectivity index (χ1v) is 6.94. The zero-order valence-electron chi connectivity index (χ0n) is 10.7. The lowest BCUT2D eigenvalue weighted by Gasteiger charge is -2.16.